The summed E-state index contributed by atoms with van der Waals surface area (Å²) in [4.78, 5) is 11.1. The zero-order chi connectivity index (χ0) is 16.7. The molecule has 6 nitrogen and oxygen atoms in total. The normalized spacial score (nSPS) is 18.0. The van der Waals surface area contributed by atoms with Crippen LogP contribution in [0, 0.1) is 0 Å². The first kappa shape index (κ1) is 17.1. The van der Waals surface area contributed by atoms with Crippen LogP contribution in [0.1, 0.15) is 18.4 Å². The van der Waals surface area contributed by atoms with Crippen LogP contribution in [0.3, 0.4) is 0 Å². The van der Waals surface area contributed by atoms with Crippen molar-refractivity contribution in [3.05, 3.63) is 60.2 Å². The van der Waals surface area contributed by atoms with Crippen molar-refractivity contribution in [2.45, 2.75) is 23.8 Å². The lowest BCUT2D eigenvalue weighted by Gasteiger charge is -2.14. The SMILES string of the molecule is O=C(/C=C/c1cccc(S(=O)(=O)NC2C=CC=CCC2)c1)NO. The molecule has 0 heterocycles. The van der Waals surface area contributed by atoms with E-state index in [1.807, 2.05) is 24.3 Å². The molecule has 1 atom stereocenters. The quantitative estimate of drug-likeness (QED) is 0.434. The highest BCUT2D eigenvalue weighted by Gasteiger charge is 2.18. The molecule has 1 aliphatic carbocycles. The Morgan fingerprint density at radius 1 is 1.30 bits per heavy atom. The van der Waals surface area contributed by atoms with E-state index in [0.29, 0.717) is 12.0 Å². The van der Waals surface area contributed by atoms with E-state index in [1.54, 1.807) is 12.1 Å². The Morgan fingerprint density at radius 2 is 2.13 bits per heavy atom. The van der Waals surface area contributed by atoms with E-state index in [0.717, 1.165) is 12.5 Å². The number of amides is 1. The van der Waals surface area contributed by atoms with Crippen LogP contribution in [0.25, 0.3) is 6.08 Å². The monoisotopic (exact) mass is 334 g/mol. The van der Waals surface area contributed by atoms with Gasteiger partial charge in [-0.2, -0.15) is 0 Å². The predicted molar refractivity (Wildman–Crippen MR) is 87.0 cm³/mol. The minimum absolute atomic E-state index is 0.120. The number of nitrogens with one attached hydrogen (secondary N) is 2. The minimum Gasteiger partial charge on any atom is -0.288 e. The van der Waals surface area contributed by atoms with E-state index in [-0.39, 0.29) is 10.9 Å². The Labute approximate surface area is 135 Å². The number of hydrogen-bond acceptors (Lipinski definition) is 4. The minimum atomic E-state index is -3.66. The second-order valence-corrected chi connectivity index (χ2v) is 6.71. The molecule has 0 spiro atoms. The number of carbonyl (C=O) groups is 1. The maximum absolute atomic E-state index is 12.5. The molecule has 3 N–H and O–H groups in total. The summed E-state index contributed by atoms with van der Waals surface area (Å²) in [5, 5.41) is 8.43. The molecule has 0 fully saturated rings. The molecule has 0 radical (unpaired) electrons. The molecule has 0 aromatic heterocycles. The molecule has 1 aromatic rings. The van der Waals surface area contributed by atoms with Gasteiger partial charge < -0.3 is 0 Å². The van der Waals surface area contributed by atoms with Crippen LogP contribution in [0.15, 0.2) is 59.5 Å². The number of carbonyl (C=O) groups excluding carboxylic acids is 1. The lowest BCUT2D eigenvalue weighted by molar-refractivity contribution is -0.124. The van der Waals surface area contributed by atoms with Crippen molar-refractivity contribution in [2.75, 3.05) is 0 Å². The van der Waals surface area contributed by atoms with Gasteiger partial charge in [-0.25, -0.2) is 18.6 Å². The smallest absolute Gasteiger partial charge is 0.267 e. The fourth-order valence-corrected chi connectivity index (χ4v) is 3.39. The summed E-state index contributed by atoms with van der Waals surface area (Å²) in [6.07, 6.45) is 11.6. The zero-order valence-electron chi connectivity index (χ0n) is 12.3. The number of hydroxylamine groups is 1. The summed E-state index contributed by atoms with van der Waals surface area (Å²) in [6, 6.07) is 5.95. The van der Waals surface area contributed by atoms with E-state index in [4.69, 9.17) is 5.21 Å². The van der Waals surface area contributed by atoms with E-state index < -0.39 is 15.9 Å². The van der Waals surface area contributed by atoms with Crippen LogP contribution in [-0.4, -0.2) is 25.6 Å². The molecule has 0 saturated carbocycles. The van der Waals surface area contributed by atoms with E-state index in [9.17, 15) is 13.2 Å². The molecule has 1 aromatic carbocycles. The van der Waals surface area contributed by atoms with Gasteiger partial charge in [0.2, 0.25) is 10.0 Å². The number of benzene rings is 1. The van der Waals surface area contributed by atoms with Crippen LogP contribution in [-0.2, 0) is 14.8 Å². The van der Waals surface area contributed by atoms with E-state index in [2.05, 4.69) is 4.72 Å². The molecule has 0 saturated heterocycles. The summed E-state index contributed by atoms with van der Waals surface area (Å²) >= 11 is 0. The number of sulfonamides is 1. The second-order valence-electron chi connectivity index (χ2n) is 5.00. The van der Waals surface area contributed by atoms with Crippen LogP contribution in [0.5, 0.6) is 0 Å². The van der Waals surface area contributed by atoms with E-state index >= 15 is 0 Å². The van der Waals surface area contributed by atoms with Crippen LogP contribution < -0.4 is 10.2 Å². The van der Waals surface area contributed by atoms with Gasteiger partial charge in [0, 0.05) is 12.1 Å². The first-order chi connectivity index (χ1) is 11.0. The molecule has 7 heteroatoms. The summed E-state index contributed by atoms with van der Waals surface area (Å²) in [5.74, 6) is -0.688. The van der Waals surface area contributed by atoms with Crippen molar-refractivity contribution in [1.82, 2.24) is 10.2 Å². The Kier molecular flexibility index (Phi) is 5.86. The average Bonchev–Trinajstić information content (AvgIpc) is 2.81. The van der Waals surface area contributed by atoms with Crippen molar-refractivity contribution < 1.29 is 18.4 Å². The summed E-state index contributed by atoms with van der Waals surface area (Å²) < 4.78 is 27.6. The highest BCUT2D eigenvalue weighted by atomic mass is 32.2. The Balaban J connectivity index is 2.16. The Morgan fingerprint density at radius 3 is 2.91 bits per heavy atom. The third-order valence-corrected chi connectivity index (χ3v) is 4.73. The van der Waals surface area contributed by atoms with Crippen LogP contribution in [0.2, 0.25) is 0 Å². The van der Waals surface area contributed by atoms with Crippen molar-refractivity contribution in [3.8, 4) is 0 Å². The topological polar surface area (TPSA) is 95.5 Å². The largest absolute Gasteiger partial charge is 0.288 e. The molecule has 2 rings (SSSR count). The Hall–Kier alpha value is -2.22. The van der Waals surface area contributed by atoms with Gasteiger partial charge in [0.15, 0.2) is 0 Å². The molecule has 0 bridgehead atoms. The number of hydrogen-bond donors (Lipinski definition) is 3. The highest BCUT2D eigenvalue weighted by molar-refractivity contribution is 7.89. The summed E-state index contributed by atoms with van der Waals surface area (Å²) in [6.45, 7) is 0. The lowest BCUT2D eigenvalue weighted by atomic mass is 10.2. The fourth-order valence-electron chi connectivity index (χ4n) is 2.11. The molecule has 1 aliphatic rings. The zero-order valence-corrected chi connectivity index (χ0v) is 13.2. The van der Waals surface area contributed by atoms with Crippen molar-refractivity contribution in [3.63, 3.8) is 0 Å². The summed E-state index contributed by atoms with van der Waals surface area (Å²) in [7, 11) is -3.66. The lowest BCUT2D eigenvalue weighted by Crippen LogP contribution is -2.33. The first-order valence-electron chi connectivity index (χ1n) is 7.09. The van der Waals surface area contributed by atoms with Gasteiger partial charge in [-0.05, 0) is 36.6 Å². The third kappa shape index (κ3) is 5.17. The van der Waals surface area contributed by atoms with Crippen molar-refractivity contribution >= 4 is 22.0 Å². The fraction of sp³-hybridized carbons (Fsp3) is 0.188. The van der Waals surface area contributed by atoms with Gasteiger partial charge in [-0.1, -0.05) is 36.4 Å². The predicted octanol–water partition coefficient (Wildman–Crippen LogP) is 1.76. The van der Waals surface area contributed by atoms with Crippen LogP contribution >= 0.6 is 0 Å². The van der Waals surface area contributed by atoms with Crippen molar-refractivity contribution in [2.24, 2.45) is 0 Å². The standard InChI is InChI=1S/C16H18N2O4S/c19-16(17-20)11-10-13-6-5-9-15(12-13)23(21,22)18-14-7-3-1-2-4-8-14/h1-3,5-7,9-12,14,18,20H,4,8H2,(H,17,19)/b11-10+. The summed E-state index contributed by atoms with van der Waals surface area (Å²) in [5.41, 5.74) is 2.01. The Bertz CT molecular complexity index is 751. The molecule has 23 heavy (non-hydrogen) atoms. The first-order valence-corrected chi connectivity index (χ1v) is 8.57. The molecule has 1 unspecified atom stereocenters. The molecule has 0 aliphatic heterocycles. The maximum atomic E-state index is 12.5. The second kappa shape index (κ2) is 7.87. The average molecular weight is 334 g/mol. The highest BCUT2D eigenvalue weighted by Crippen LogP contribution is 2.15. The van der Waals surface area contributed by atoms with Gasteiger partial charge >= 0.3 is 0 Å². The maximum Gasteiger partial charge on any atom is 0.267 e. The third-order valence-electron chi connectivity index (χ3n) is 3.25. The van der Waals surface area contributed by atoms with Gasteiger partial charge in [0.1, 0.15) is 0 Å². The molecular weight excluding hydrogens is 316 g/mol. The number of rotatable bonds is 5. The number of allylic oxidation sites excluding steroid dienone is 3. The van der Waals surface area contributed by atoms with Gasteiger partial charge in [0.25, 0.3) is 5.91 Å². The van der Waals surface area contributed by atoms with Crippen molar-refractivity contribution in [1.29, 1.82) is 0 Å². The van der Waals surface area contributed by atoms with Gasteiger partial charge in [-0.3, -0.25) is 10.0 Å². The van der Waals surface area contributed by atoms with Gasteiger partial charge in [0.05, 0.1) is 4.90 Å². The van der Waals surface area contributed by atoms with Gasteiger partial charge in [-0.15, -0.1) is 0 Å². The molecule has 122 valence electrons. The van der Waals surface area contributed by atoms with Crippen LogP contribution in [0.4, 0.5) is 0 Å². The van der Waals surface area contributed by atoms with E-state index in [1.165, 1.54) is 23.7 Å². The molecular formula is C16H18N2O4S. The molecule has 1 amide bonds.